The van der Waals surface area contributed by atoms with Crippen molar-refractivity contribution in [2.75, 3.05) is 19.3 Å². The predicted molar refractivity (Wildman–Crippen MR) is 140 cm³/mol. The number of fused-ring (bicyclic) bond motifs is 3. The first-order valence-corrected chi connectivity index (χ1v) is 13.8. The maximum Gasteiger partial charge on any atom is 0.329 e. The Bertz CT molecular complexity index is 1810. The van der Waals surface area contributed by atoms with E-state index in [0.717, 1.165) is 38.8 Å². The van der Waals surface area contributed by atoms with E-state index >= 15 is 0 Å². The molecule has 37 heavy (non-hydrogen) atoms. The lowest BCUT2D eigenvalue weighted by molar-refractivity contribution is 0.274. The van der Waals surface area contributed by atoms with Crippen LogP contribution >= 0.6 is 0 Å². The van der Waals surface area contributed by atoms with Crippen LogP contribution in [0.3, 0.4) is 0 Å². The number of pyridine rings is 2. The number of hydrogen-bond acceptors (Lipinski definition) is 7. The molecule has 12 heteroatoms. The average molecular weight is 519 g/mol. The zero-order chi connectivity index (χ0) is 25.9. The van der Waals surface area contributed by atoms with Crippen molar-refractivity contribution in [1.82, 2.24) is 38.4 Å². The standard InChI is InChI=1S/C25H26N8O3S/c1-30-15-22(28-29-30)21-7-5-17(13-26-21)16-4-6-20-19(12-16)24-23(14-27-20)31(2)25(34)33(24)18-8-10-32(11-9-18)37(3,35)36/h4-7,12-15,18H,8-11H2,1-3H3. The van der Waals surface area contributed by atoms with E-state index in [1.165, 1.54) is 10.6 Å². The minimum absolute atomic E-state index is 0.101. The van der Waals surface area contributed by atoms with E-state index < -0.39 is 10.0 Å². The van der Waals surface area contributed by atoms with Crippen LogP contribution in [0.15, 0.2) is 53.7 Å². The minimum Gasteiger partial charge on any atom is -0.293 e. The largest absolute Gasteiger partial charge is 0.329 e. The summed E-state index contributed by atoms with van der Waals surface area (Å²) >= 11 is 0. The first-order chi connectivity index (χ1) is 17.7. The molecule has 6 rings (SSSR count). The van der Waals surface area contributed by atoms with Gasteiger partial charge < -0.3 is 0 Å². The fraction of sp³-hybridized carbons (Fsp3) is 0.320. The third kappa shape index (κ3) is 4.02. The van der Waals surface area contributed by atoms with Crippen molar-refractivity contribution < 1.29 is 8.42 Å². The summed E-state index contributed by atoms with van der Waals surface area (Å²) in [6.07, 6.45) is 7.73. The lowest BCUT2D eigenvalue weighted by atomic mass is 10.0. The Hall–Kier alpha value is -3.90. The van der Waals surface area contributed by atoms with Gasteiger partial charge in [-0.25, -0.2) is 17.5 Å². The van der Waals surface area contributed by atoms with Crippen LogP contribution in [0, 0.1) is 0 Å². The van der Waals surface area contributed by atoms with E-state index in [0.29, 0.717) is 31.6 Å². The summed E-state index contributed by atoms with van der Waals surface area (Å²) in [6.45, 7) is 0.787. The van der Waals surface area contributed by atoms with Crippen LogP contribution < -0.4 is 5.69 Å². The van der Waals surface area contributed by atoms with Crippen molar-refractivity contribution in [3.8, 4) is 22.5 Å². The van der Waals surface area contributed by atoms with Gasteiger partial charge in [0.05, 0.1) is 40.9 Å². The minimum atomic E-state index is -3.25. The molecule has 5 heterocycles. The molecule has 1 aromatic carbocycles. The number of piperidine rings is 1. The van der Waals surface area contributed by atoms with Crippen molar-refractivity contribution in [1.29, 1.82) is 0 Å². The van der Waals surface area contributed by atoms with Crippen LogP contribution in [-0.2, 0) is 24.1 Å². The molecule has 1 saturated heterocycles. The summed E-state index contributed by atoms with van der Waals surface area (Å²) < 4.78 is 30.6. The van der Waals surface area contributed by atoms with Gasteiger partial charge in [0.25, 0.3) is 0 Å². The topological polar surface area (TPSA) is 121 Å². The second kappa shape index (κ2) is 8.60. The molecule has 0 saturated carbocycles. The third-order valence-electron chi connectivity index (χ3n) is 7.14. The van der Waals surface area contributed by atoms with Crippen molar-refractivity contribution in [2.24, 2.45) is 14.1 Å². The Labute approximate surface area is 213 Å². The van der Waals surface area contributed by atoms with Crippen molar-refractivity contribution in [3.63, 3.8) is 0 Å². The number of sulfonamides is 1. The number of imidazole rings is 1. The van der Waals surface area contributed by atoms with Crippen LogP contribution in [0.5, 0.6) is 0 Å². The maximum atomic E-state index is 13.4. The molecule has 190 valence electrons. The van der Waals surface area contributed by atoms with Gasteiger partial charge in [-0.05, 0) is 36.6 Å². The summed E-state index contributed by atoms with van der Waals surface area (Å²) in [4.78, 5) is 22.6. The van der Waals surface area contributed by atoms with Crippen LogP contribution in [-0.4, -0.2) is 66.2 Å². The van der Waals surface area contributed by atoms with Crippen molar-refractivity contribution >= 4 is 32.0 Å². The molecule has 0 N–H and O–H groups in total. The quantitative estimate of drug-likeness (QED) is 0.358. The fourth-order valence-corrected chi connectivity index (χ4v) is 6.03. The van der Waals surface area contributed by atoms with Gasteiger partial charge in [-0.2, -0.15) is 0 Å². The van der Waals surface area contributed by atoms with E-state index in [1.807, 2.05) is 48.1 Å². The van der Waals surface area contributed by atoms with Gasteiger partial charge in [-0.1, -0.05) is 17.3 Å². The molecule has 0 spiro atoms. The molecule has 1 aliphatic rings. The normalized spacial score (nSPS) is 15.6. The maximum absolute atomic E-state index is 13.4. The van der Waals surface area contributed by atoms with Crippen molar-refractivity contribution in [2.45, 2.75) is 18.9 Å². The molecular weight excluding hydrogens is 492 g/mol. The molecule has 0 aliphatic carbocycles. The molecule has 0 amide bonds. The first-order valence-electron chi connectivity index (χ1n) is 12.0. The van der Waals surface area contributed by atoms with Crippen LogP contribution in [0.4, 0.5) is 0 Å². The van der Waals surface area contributed by atoms with E-state index in [4.69, 9.17) is 0 Å². The Kier molecular flexibility index (Phi) is 5.46. The molecule has 11 nitrogen and oxygen atoms in total. The van der Waals surface area contributed by atoms with Gasteiger partial charge in [0, 0.05) is 50.4 Å². The smallest absolute Gasteiger partial charge is 0.293 e. The summed E-state index contributed by atoms with van der Waals surface area (Å²) in [6, 6.07) is 9.80. The lowest BCUT2D eigenvalue weighted by Crippen LogP contribution is -2.40. The molecule has 0 bridgehead atoms. The van der Waals surface area contributed by atoms with Crippen LogP contribution in [0.1, 0.15) is 18.9 Å². The third-order valence-corrected chi connectivity index (χ3v) is 8.44. The van der Waals surface area contributed by atoms with E-state index in [9.17, 15) is 13.2 Å². The van der Waals surface area contributed by atoms with Gasteiger partial charge in [0.15, 0.2) is 0 Å². The average Bonchev–Trinajstić information content (AvgIpc) is 3.44. The van der Waals surface area contributed by atoms with Crippen LogP contribution in [0.2, 0.25) is 0 Å². The second-order valence-corrected chi connectivity index (χ2v) is 11.5. The molecule has 1 aliphatic heterocycles. The first kappa shape index (κ1) is 23.5. The highest BCUT2D eigenvalue weighted by Crippen LogP contribution is 2.32. The summed E-state index contributed by atoms with van der Waals surface area (Å²) in [5, 5.41) is 8.95. The Morgan fingerprint density at radius 2 is 1.70 bits per heavy atom. The van der Waals surface area contributed by atoms with Gasteiger partial charge >= 0.3 is 5.69 Å². The highest BCUT2D eigenvalue weighted by molar-refractivity contribution is 7.88. The molecule has 4 aromatic heterocycles. The molecule has 0 unspecified atom stereocenters. The number of benzene rings is 1. The molecule has 1 fully saturated rings. The second-order valence-electron chi connectivity index (χ2n) is 9.54. The number of aromatic nitrogens is 7. The fourth-order valence-electron chi connectivity index (χ4n) is 5.16. The Balaban J connectivity index is 1.44. The van der Waals surface area contributed by atoms with Gasteiger partial charge in [-0.3, -0.25) is 23.8 Å². The van der Waals surface area contributed by atoms with Crippen LogP contribution in [0.25, 0.3) is 44.5 Å². The number of hydrogen-bond donors (Lipinski definition) is 0. The Morgan fingerprint density at radius 3 is 2.35 bits per heavy atom. The van der Waals surface area contributed by atoms with E-state index in [1.54, 1.807) is 28.7 Å². The molecule has 0 atom stereocenters. The van der Waals surface area contributed by atoms with Gasteiger partial charge in [-0.15, -0.1) is 5.10 Å². The van der Waals surface area contributed by atoms with Gasteiger partial charge in [0.1, 0.15) is 5.69 Å². The molecule has 5 aromatic rings. The zero-order valence-corrected chi connectivity index (χ0v) is 21.6. The monoisotopic (exact) mass is 518 g/mol. The van der Waals surface area contributed by atoms with E-state index in [2.05, 4.69) is 20.3 Å². The molecule has 0 radical (unpaired) electrons. The zero-order valence-electron chi connectivity index (χ0n) is 20.7. The highest BCUT2D eigenvalue weighted by Gasteiger charge is 2.29. The SMILES string of the molecule is Cn1cc(-c2ccc(-c3ccc4ncc5c(c4c3)n(C3CCN(S(C)(=O)=O)CC3)c(=O)n5C)cn2)nn1. The number of rotatable bonds is 4. The number of aryl methyl sites for hydroxylation is 2. The predicted octanol–water partition coefficient (Wildman–Crippen LogP) is 2.34. The summed E-state index contributed by atoms with van der Waals surface area (Å²) in [7, 11) is 0.308. The summed E-state index contributed by atoms with van der Waals surface area (Å²) in [5.41, 5.74) is 5.55. The van der Waals surface area contributed by atoms with Gasteiger partial charge in [0.2, 0.25) is 10.0 Å². The van der Waals surface area contributed by atoms with Crippen molar-refractivity contribution in [3.05, 3.63) is 59.4 Å². The Morgan fingerprint density at radius 1 is 0.946 bits per heavy atom. The van der Waals surface area contributed by atoms with E-state index in [-0.39, 0.29) is 11.7 Å². The lowest BCUT2D eigenvalue weighted by Gasteiger charge is -2.30. The molecular formula is C25H26N8O3S. The summed E-state index contributed by atoms with van der Waals surface area (Å²) in [5.74, 6) is 0. The number of nitrogens with zero attached hydrogens (tertiary/aromatic N) is 8. The highest BCUT2D eigenvalue weighted by atomic mass is 32.2.